The van der Waals surface area contributed by atoms with Crippen molar-refractivity contribution in [2.75, 3.05) is 12.4 Å². The lowest BCUT2D eigenvalue weighted by Gasteiger charge is -2.21. The summed E-state index contributed by atoms with van der Waals surface area (Å²) in [5.41, 5.74) is 4.15. The highest BCUT2D eigenvalue weighted by Gasteiger charge is 2.19. The monoisotopic (exact) mass is 308 g/mol. The van der Waals surface area contributed by atoms with Crippen molar-refractivity contribution < 1.29 is 4.74 Å². The second-order valence-electron chi connectivity index (χ2n) is 4.86. The Morgan fingerprint density at radius 3 is 2.70 bits per heavy atom. The number of pyridine rings is 1. The van der Waals surface area contributed by atoms with Gasteiger partial charge >= 0.3 is 0 Å². The van der Waals surface area contributed by atoms with E-state index in [2.05, 4.69) is 27.5 Å². The van der Waals surface area contributed by atoms with E-state index in [1.165, 1.54) is 0 Å². The minimum absolute atomic E-state index is 0.487. The Morgan fingerprint density at radius 2 is 1.96 bits per heavy atom. The van der Waals surface area contributed by atoms with Gasteiger partial charge in [0.1, 0.15) is 18.2 Å². The molecule has 4 rings (SSSR count). The third kappa shape index (κ3) is 2.77. The van der Waals surface area contributed by atoms with Crippen LogP contribution in [0.25, 0.3) is 16.8 Å². The molecule has 0 unspecified atom stereocenters. The predicted molar refractivity (Wildman–Crippen MR) is 92.0 cm³/mol. The molecule has 0 aliphatic carbocycles. The first-order valence-electron chi connectivity index (χ1n) is 7.80. The van der Waals surface area contributed by atoms with E-state index in [9.17, 15) is 0 Å². The van der Waals surface area contributed by atoms with Crippen molar-refractivity contribution in [1.29, 1.82) is 0 Å². The SMILES string of the molecule is CC.CNc1ccc2c(n1)COc1cc(-n3cccn3)ccc1-2. The zero-order valence-electron chi connectivity index (χ0n) is 13.6. The summed E-state index contributed by atoms with van der Waals surface area (Å²) < 4.78 is 7.68. The molecule has 2 aromatic heterocycles. The van der Waals surface area contributed by atoms with Gasteiger partial charge in [0.2, 0.25) is 0 Å². The molecule has 1 aliphatic rings. The topological polar surface area (TPSA) is 52.0 Å². The van der Waals surface area contributed by atoms with Crippen molar-refractivity contribution >= 4 is 5.82 Å². The van der Waals surface area contributed by atoms with Crippen LogP contribution < -0.4 is 10.1 Å². The third-order valence-electron chi connectivity index (χ3n) is 3.62. The van der Waals surface area contributed by atoms with Crippen LogP contribution in [0.2, 0.25) is 0 Å². The maximum Gasteiger partial charge on any atom is 0.131 e. The van der Waals surface area contributed by atoms with Crippen molar-refractivity contribution in [2.24, 2.45) is 0 Å². The summed E-state index contributed by atoms with van der Waals surface area (Å²) in [7, 11) is 1.86. The Morgan fingerprint density at radius 1 is 1.13 bits per heavy atom. The van der Waals surface area contributed by atoms with E-state index < -0.39 is 0 Å². The van der Waals surface area contributed by atoms with Crippen LogP contribution in [0.4, 0.5) is 5.82 Å². The number of anilines is 1. The molecule has 0 saturated carbocycles. The summed E-state index contributed by atoms with van der Waals surface area (Å²) in [6.45, 7) is 4.49. The second kappa shape index (κ2) is 6.52. The van der Waals surface area contributed by atoms with Crippen LogP contribution in [0.5, 0.6) is 5.75 Å². The molecule has 23 heavy (non-hydrogen) atoms. The van der Waals surface area contributed by atoms with Gasteiger partial charge in [0, 0.05) is 36.6 Å². The zero-order chi connectivity index (χ0) is 16.2. The van der Waals surface area contributed by atoms with E-state index in [1.807, 2.05) is 56.0 Å². The molecular formula is C18H20N4O. The number of nitrogens with zero attached hydrogens (tertiary/aromatic N) is 3. The number of hydrogen-bond acceptors (Lipinski definition) is 4. The lowest BCUT2D eigenvalue weighted by Crippen LogP contribution is -2.09. The highest BCUT2D eigenvalue weighted by atomic mass is 16.5. The fourth-order valence-electron chi connectivity index (χ4n) is 2.56. The molecule has 3 aromatic rings. The molecule has 0 radical (unpaired) electrons. The molecule has 0 fully saturated rings. The molecule has 1 N–H and O–H groups in total. The van der Waals surface area contributed by atoms with Gasteiger partial charge in [-0.2, -0.15) is 5.10 Å². The minimum Gasteiger partial charge on any atom is -0.487 e. The van der Waals surface area contributed by atoms with Gasteiger partial charge in [0.15, 0.2) is 0 Å². The molecule has 0 atom stereocenters. The first-order chi connectivity index (χ1) is 11.3. The Bertz CT molecular complexity index is 797. The molecule has 0 bridgehead atoms. The second-order valence-corrected chi connectivity index (χ2v) is 4.86. The molecular weight excluding hydrogens is 288 g/mol. The summed E-state index contributed by atoms with van der Waals surface area (Å²) in [4.78, 5) is 4.55. The number of ether oxygens (including phenoxy) is 1. The van der Waals surface area contributed by atoms with Crippen molar-refractivity contribution in [3.05, 3.63) is 54.5 Å². The molecule has 1 aromatic carbocycles. The highest BCUT2D eigenvalue weighted by Crippen LogP contribution is 2.38. The van der Waals surface area contributed by atoms with E-state index in [0.29, 0.717) is 6.61 Å². The van der Waals surface area contributed by atoms with Gasteiger partial charge in [0.05, 0.1) is 11.4 Å². The first-order valence-corrected chi connectivity index (χ1v) is 7.80. The van der Waals surface area contributed by atoms with E-state index in [1.54, 1.807) is 6.20 Å². The fraction of sp³-hybridized carbons (Fsp3) is 0.222. The number of nitrogens with one attached hydrogen (secondary N) is 1. The van der Waals surface area contributed by atoms with E-state index in [4.69, 9.17) is 4.74 Å². The number of hydrogen-bond donors (Lipinski definition) is 1. The normalized spacial score (nSPS) is 11.4. The van der Waals surface area contributed by atoms with Gasteiger partial charge in [-0.1, -0.05) is 13.8 Å². The summed E-state index contributed by atoms with van der Waals surface area (Å²) in [5.74, 6) is 1.73. The summed E-state index contributed by atoms with van der Waals surface area (Å²) in [5, 5.41) is 7.29. The summed E-state index contributed by atoms with van der Waals surface area (Å²) in [6, 6.07) is 12.1. The van der Waals surface area contributed by atoms with Crippen LogP contribution in [0, 0.1) is 0 Å². The van der Waals surface area contributed by atoms with Crippen LogP contribution in [0.1, 0.15) is 19.5 Å². The molecule has 0 saturated heterocycles. The smallest absolute Gasteiger partial charge is 0.131 e. The Labute approximate surface area is 135 Å². The van der Waals surface area contributed by atoms with Crippen LogP contribution in [0.15, 0.2) is 48.8 Å². The molecule has 3 heterocycles. The average Bonchev–Trinajstić information content (AvgIpc) is 3.17. The Hall–Kier alpha value is -2.82. The lowest BCUT2D eigenvalue weighted by atomic mass is 10.0. The van der Waals surface area contributed by atoms with Gasteiger partial charge in [0.25, 0.3) is 0 Å². The van der Waals surface area contributed by atoms with Gasteiger partial charge in [-0.15, -0.1) is 0 Å². The average molecular weight is 308 g/mol. The zero-order valence-corrected chi connectivity index (χ0v) is 13.6. The van der Waals surface area contributed by atoms with Crippen molar-refractivity contribution in [3.8, 4) is 22.6 Å². The van der Waals surface area contributed by atoms with Crippen LogP contribution in [-0.4, -0.2) is 21.8 Å². The number of aromatic nitrogens is 3. The molecule has 0 spiro atoms. The molecule has 0 amide bonds. The predicted octanol–water partition coefficient (Wildman–Crippen LogP) is 3.89. The van der Waals surface area contributed by atoms with Crippen LogP contribution >= 0.6 is 0 Å². The number of benzene rings is 1. The highest BCUT2D eigenvalue weighted by molar-refractivity contribution is 5.76. The molecule has 5 nitrogen and oxygen atoms in total. The van der Waals surface area contributed by atoms with Gasteiger partial charge in [-0.25, -0.2) is 9.67 Å². The molecule has 118 valence electrons. The van der Waals surface area contributed by atoms with E-state index >= 15 is 0 Å². The van der Waals surface area contributed by atoms with Crippen molar-refractivity contribution in [3.63, 3.8) is 0 Å². The number of fused-ring (bicyclic) bond motifs is 3. The minimum atomic E-state index is 0.487. The van der Waals surface area contributed by atoms with Crippen molar-refractivity contribution in [1.82, 2.24) is 14.8 Å². The third-order valence-corrected chi connectivity index (χ3v) is 3.62. The van der Waals surface area contributed by atoms with E-state index in [0.717, 1.165) is 34.1 Å². The Balaban J connectivity index is 0.000000753. The summed E-state index contributed by atoms with van der Waals surface area (Å²) >= 11 is 0. The van der Waals surface area contributed by atoms with Crippen molar-refractivity contribution in [2.45, 2.75) is 20.5 Å². The maximum absolute atomic E-state index is 5.86. The van der Waals surface area contributed by atoms with Crippen LogP contribution in [0.3, 0.4) is 0 Å². The number of rotatable bonds is 2. The summed E-state index contributed by atoms with van der Waals surface area (Å²) in [6.07, 6.45) is 3.68. The lowest BCUT2D eigenvalue weighted by molar-refractivity contribution is 0.297. The van der Waals surface area contributed by atoms with Crippen LogP contribution in [-0.2, 0) is 6.61 Å². The molecule has 1 aliphatic heterocycles. The van der Waals surface area contributed by atoms with Gasteiger partial charge in [-0.05, 0) is 30.3 Å². The quantitative estimate of drug-likeness (QED) is 0.780. The fourth-order valence-corrected chi connectivity index (χ4v) is 2.56. The van der Waals surface area contributed by atoms with Gasteiger partial charge in [-0.3, -0.25) is 0 Å². The molecule has 5 heteroatoms. The Kier molecular flexibility index (Phi) is 4.28. The maximum atomic E-state index is 5.86. The van der Waals surface area contributed by atoms with E-state index in [-0.39, 0.29) is 0 Å². The largest absolute Gasteiger partial charge is 0.487 e. The van der Waals surface area contributed by atoms with Gasteiger partial charge < -0.3 is 10.1 Å². The first kappa shape index (κ1) is 15.1. The standard InChI is InChI=1S/C16H14N4O.C2H6/c1-17-16-6-5-12-13-4-3-11(20-8-2-7-18-20)9-15(13)21-10-14(12)19-16;1-2/h2-9H,10H2,1H3,(H,17,19);1-2H3.